The zero-order valence-corrected chi connectivity index (χ0v) is 39.1. The largest absolute Gasteiger partial charge is 0.0713 e. The highest BCUT2D eigenvalue weighted by Gasteiger charge is 2.46. The topological polar surface area (TPSA) is 0 Å². The lowest BCUT2D eigenvalue weighted by molar-refractivity contribution is 0.769. The zero-order chi connectivity index (χ0) is 46.9. The normalized spacial score (nSPS) is 12.6. The molecular formula is C71H46. The van der Waals surface area contributed by atoms with E-state index in [-0.39, 0.29) is 0 Å². The fourth-order valence-electron chi connectivity index (χ4n) is 12.4. The molecule has 0 saturated heterocycles. The summed E-state index contributed by atoms with van der Waals surface area (Å²) in [5, 5.41) is 10.1. The van der Waals surface area contributed by atoms with Gasteiger partial charge in [-0.3, -0.25) is 0 Å². The number of rotatable bonds is 7. The molecule has 13 aromatic carbocycles. The van der Waals surface area contributed by atoms with Gasteiger partial charge in [-0.2, -0.15) is 0 Å². The summed E-state index contributed by atoms with van der Waals surface area (Å²) in [5.41, 5.74) is 19.4. The Morgan fingerprint density at radius 1 is 0.183 bits per heavy atom. The van der Waals surface area contributed by atoms with Crippen LogP contribution in [-0.2, 0) is 5.41 Å². The van der Waals surface area contributed by atoms with E-state index in [2.05, 4.69) is 279 Å². The monoisotopic (exact) mass is 898 g/mol. The molecule has 0 saturated carbocycles. The molecule has 0 spiro atoms. The number of hydrogen-bond donors (Lipinski definition) is 0. The minimum Gasteiger partial charge on any atom is -0.0622 e. The maximum absolute atomic E-state index is 2.53. The molecule has 0 nitrogen and oxygen atoms in total. The van der Waals surface area contributed by atoms with E-state index in [1.54, 1.807) is 0 Å². The molecule has 0 amide bonds. The molecule has 1 aliphatic carbocycles. The van der Waals surface area contributed by atoms with E-state index >= 15 is 0 Å². The summed E-state index contributed by atoms with van der Waals surface area (Å²) in [4.78, 5) is 0. The van der Waals surface area contributed by atoms with Crippen molar-refractivity contribution in [1.29, 1.82) is 0 Å². The predicted molar refractivity (Wildman–Crippen MR) is 301 cm³/mol. The molecule has 0 aliphatic heterocycles. The van der Waals surface area contributed by atoms with Crippen molar-refractivity contribution in [1.82, 2.24) is 0 Å². The fraction of sp³-hybridized carbons (Fsp3) is 0.0141. The van der Waals surface area contributed by atoms with Crippen LogP contribution in [-0.4, -0.2) is 0 Å². The van der Waals surface area contributed by atoms with Gasteiger partial charge >= 0.3 is 0 Å². The molecule has 0 unspecified atom stereocenters. The van der Waals surface area contributed by atoms with Crippen LogP contribution in [0.2, 0.25) is 0 Å². The smallest absolute Gasteiger partial charge is 0.0622 e. The third kappa shape index (κ3) is 6.32. The first-order chi connectivity index (χ1) is 35.3. The van der Waals surface area contributed by atoms with Gasteiger partial charge in [0.15, 0.2) is 0 Å². The lowest BCUT2D eigenvalue weighted by atomic mass is 9.67. The van der Waals surface area contributed by atoms with Crippen LogP contribution in [0.25, 0.3) is 110 Å². The molecular weight excluding hydrogens is 853 g/mol. The van der Waals surface area contributed by atoms with Crippen molar-refractivity contribution >= 4 is 43.1 Å². The summed E-state index contributed by atoms with van der Waals surface area (Å²) in [5.74, 6) is 0. The van der Waals surface area contributed by atoms with Crippen molar-refractivity contribution in [2.24, 2.45) is 0 Å². The molecule has 0 aromatic heterocycles. The van der Waals surface area contributed by atoms with E-state index in [0.29, 0.717) is 0 Å². The van der Waals surface area contributed by atoms with Gasteiger partial charge in [-0.15, -0.1) is 0 Å². The van der Waals surface area contributed by atoms with Crippen molar-refractivity contribution in [3.63, 3.8) is 0 Å². The lowest BCUT2D eigenvalue weighted by Crippen LogP contribution is -2.28. The van der Waals surface area contributed by atoms with Crippen LogP contribution in [0.3, 0.4) is 0 Å². The van der Waals surface area contributed by atoms with Gasteiger partial charge in [0.2, 0.25) is 0 Å². The Hall–Kier alpha value is -9.10. The van der Waals surface area contributed by atoms with Crippen LogP contribution >= 0.6 is 0 Å². The highest BCUT2D eigenvalue weighted by molar-refractivity contribution is 6.23. The van der Waals surface area contributed by atoms with Crippen molar-refractivity contribution in [3.8, 4) is 66.8 Å². The van der Waals surface area contributed by atoms with Gasteiger partial charge in [0.05, 0.1) is 5.41 Å². The minimum atomic E-state index is -0.590. The average molecular weight is 899 g/mol. The summed E-state index contributed by atoms with van der Waals surface area (Å²) >= 11 is 0. The molecule has 0 N–H and O–H groups in total. The van der Waals surface area contributed by atoms with Crippen LogP contribution in [0.15, 0.2) is 279 Å². The molecule has 71 heavy (non-hydrogen) atoms. The quantitative estimate of drug-likeness (QED) is 0.140. The van der Waals surface area contributed by atoms with E-state index in [4.69, 9.17) is 0 Å². The second-order valence-electron chi connectivity index (χ2n) is 19.0. The molecule has 13 aromatic rings. The van der Waals surface area contributed by atoms with Gasteiger partial charge in [-0.05, 0) is 144 Å². The van der Waals surface area contributed by atoms with Crippen LogP contribution in [0, 0.1) is 0 Å². The first-order valence-corrected chi connectivity index (χ1v) is 24.7. The summed E-state index contributed by atoms with van der Waals surface area (Å²) in [6.07, 6.45) is 0. The molecule has 0 radical (unpaired) electrons. The highest BCUT2D eigenvalue weighted by atomic mass is 14.5. The maximum Gasteiger partial charge on any atom is 0.0713 e. The molecule has 1 aliphatic rings. The van der Waals surface area contributed by atoms with Crippen LogP contribution < -0.4 is 0 Å². The molecule has 0 bridgehead atoms. The highest BCUT2D eigenvalue weighted by Crippen LogP contribution is 2.58. The van der Waals surface area contributed by atoms with Gasteiger partial charge < -0.3 is 0 Å². The first kappa shape index (κ1) is 40.9. The number of hydrogen-bond acceptors (Lipinski definition) is 0. The summed E-state index contributed by atoms with van der Waals surface area (Å²) in [7, 11) is 0. The Balaban J connectivity index is 0.961. The van der Waals surface area contributed by atoms with Crippen LogP contribution in [0.1, 0.15) is 22.3 Å². The molecule has 0 atom stereocenters. The van der Waals surface area contributed by atoms with Crippen molar-refractivity contribution in [3.05, 3.63) is 301 Å². The summed E-state index contributed by atoms with van der Waals surface area (Å²) < 4.78 is 0. The fourth-order valence-corrected chi connectivity index (χ4v) is 12.4. The third-order valence-corrected chi connectivity index (χ3v) is 15.3. The lowest BCUT2D eigenvalue weighted by Gasteiger charge is -2.34. The third-order valence-electron chi connectivity index (χ3n) is 15.3. The second kappa shape index (κ2) is 16.6. The van der Waals surface area contributed by atoms with E-state index < -0.39 is 5.41 Å². The first-order valence-electron chi connectivity index (χ1n) is 24.7. The van der Waals surface area contributed by atoms with E-state index in [9.17, 15) is 0 Å². The second-order valence-corrected chi connectivity index (χ2v) is 19.0. The van der Waals surface area contributed by atoms with Gasteiger partial charge in [-0.25, -0.2) is 0 Å². The number of benzene rings is 13. The van der Waals surface area contributed by atoms with Gasteiger partial charge in [0.1, 0.15) is 0 Å². The summed E-state index contributed by atoms with van der Waals surface area (Å²) in [6, 6.07) is 104. The number of fused-ring (bicyclic) bond motifs is 7. The Kier molecular flexibility index (Phi) is 9.54. The van der Waals surface area contributed by atoms with E-state index in [1.807, 2.05) is 0 Å². The van der Waals surface area contributed by atoms with Crippen molar-refractivity contribution < 1.29 is 0 Å². The molecule has 330 valence electrons. The Labute approximate surface area is 414 Å². The summed E-state index contributed by atoms with van der Waals surface area (Å²) in [6.45, 7) is 0. The Bertz CT molecular complexity index is 4020. The predicted octanol–water partition coefficient (Wildman–Crippen LogP) is 19.0. The van der Waals surface area contributed by atoms with Crippen LogP contribution in [0.4, 0.5) is 0 Å². The standard InChI is InChI=1S/C71H46/c1-5-21-48(22-6-1)67-57-29-13-15-31-59(57)69(60-32-16-14-30-58(60)67)50-39-37-47(38-40-50)51-41-43-55-56-44-42-52(46-66(56)71(65(55)45-51,53-25-9-3-10-26-53)54-27-11-4-12-28-54)70-63-35-19-17-33-61(63)68(49-23-7-2-8-24-49)62-34-18-20-36-64(62)70/h1-46H. The Morgan fingerprint density at radius 2 is 0.437 bits per heavy atom. The molecule has 0 fully saturated rings. The van der Waals surface area contributed by atoms with Gasteiger partial charge in [0.25, 0.3) is 0 Å². The van der Waals surface area contributed by atoms with Crippen molar-refractivity contribution in [2.75, 3.05) is 0 Å². The van der Waals surface area contributed by atoms with Gasteiger partial charge in [-0.1, -0.05) is 267 Å². The Morgan fingerprint density at radius 3 is 0.803 bits per heavy atom. The molecule has 0 heterocycles. The maximum atomic E-state index is 2.53. The SMILES string of the molecule is c1ccc(-c2c3ccccc3c(-c3ccc(-c4ccc5c(c4)C(c4ccccc4)(c4ccccc4)c4cc(-c6c7ccccc7c(-c7ccccc7)c7ccccc67)ccc4-5)cc3)c3ccccc23)cc1. The zero-order valence-electron chi connectivity index (χ0n) is 39.1. The minimum absolute atomic E-state index is 0.590. The average Bonchev–Trinajstić information content (AvgIpc) is 3.74. The molecule has 14 rings (SSSR count). The van der Waals surface area contributed by atoms with Crippen molar-refractivity contribution in [2.45, 2.75) is 5.41 Å². The van der Waals surface area contributed by atoms with Crippen LogP contribution in [0.5, 0.6) is 0 Å². The molecule has 0 heteroatoms. The van der Waals surface area contributed by atoms with E-state index in [1.165, 1.54) is 132 Å². The van der Waals surface area contributed by atoms with E-state index in [0.717, 1.165) is 0 Å². The van der Waals surface area contributed by atoms with Gasteiger partial charge in [0, 0.05) is 0 Å².